The average molecular weight is 420 g/mol. The first-order chi connectivity index (χ1) is 15.4. The summed E-state index contributed by atoms with van der Waals surface area (Å²) in [5, 5.41) is 4.25. The van der Waals surface area contributed by atoms with Crippen molar-refractivity contribution in [1.29, 1.82) is 0 Å². The number of hydrogen-bond donors (Lipinski definition) is 0. The molecule has 5 rings (SSSR count). The number of morpholine rings is 1. The van der Waals surface area contributed by atoms with Gasteiger partial charge in [-0.1, -0.05) is 35.5 Å². The third kappa shape index (κ3) is 4.78. The lowest BCUT2D eigenvalue weighted by molar-refractivity contribution is 0.122. The van der Waals surface area contributed by atoms with Gasteiger partial charge in [0.1, 0.15) is 5.82 Å². The molecule has 1 aromatic carbocycles. The van der Waals surface area contributed by atoms with E-state index in [1.165, 1.54) is 12.0 Å². The van der Waals surface area contributed by atoms with Crippen molar-refractivity contribution < 1.29 is 9.26 Å². The number of aryl methyl sites for hydroxylation is 1. The molecule has 7 nitrogen and oxygen atoms in total. The molecule has 31 heavy (non-hydrogen) atoms. The number of aromatic nitrogens is 3. The molecule has 2 aliphatic heterocycles. The first-order valence-electron chi connectivity index (χ1n) is 11.3. The van der Waals surface area contributed by atoms with Gasteiger partial charge in [-0.05, 0) is 56.5 Å². The molecule has 7 heteroatoms. The van der Waals surface area contributed by atoms with Crippen LogP contribution in [-0.2, 0) is 11.2 Å². The summed E-state index contributed by atoms with van der Waals surface area (Å²) in [5.74, 6) is 2.31. The third-order valence-electron chi connectivity index (χ3n) is 6.19. The Bertz CT molecular complexity index is 954. The van der Waals surface area contributed by atoms with Crippen LogP contribution in [0.4, 0.5) is 5.82 Å². The van der Waals surface area contributed by atoms with Crippen LogP contribution < -0.4 is 4.90 Å². The maximum atomic E-state index is 5.69. The second-order valence-electron chi connectivity index (χ2n) is 8.24. The normalized spacial score (nSPS) is 19.7. The number of anilines is 1. The first-order valence-corrected chi connectivity index (χ1v) is 11.3. The summed E-state index contributed by atoms with van der Waals surface area (Å²) in [4.78, 5) is 14.1. The summed E-state index contributed by atoms with van der Waals surface area (Å²) in [6.07, 6.45) is 6.31. The molecule has 0 amide bonds. The first kappa shape index (κ1) is 20.2. The highest BCUT2D eigenvalue weighted by Crippen LogP contribution is 2.32. The van der Waals surface area contributed by atoms with E-state index >= 15 is 0 Å². The summed E-state index contributed by atoms with van der Waals surface area (Å²) in [6, 6.07) is 15.0. The fraction of sp³-hybridized carbons (Fsp3) is 0.458. The number of rotatable bonds is 7. The highest BCUT2D eigenvalue weighted by atomic mass is 16.5. The smallest absolute Gasteiger partial charge is 0.244 e. The van der Waals surface area contributed by atoms with Crippen LogP contribution in [0.3, 0.4) is 0 Å². The van der Waals surface area contributed by atoms with Gasteiger partial charge in [0, 0.05) is 24.8 Å². The van der Waals surface area contributed by atoms with E-state index in [-0.39, 0.29) is 6.04 Å². The Kier molecular flexibility index (Phi) is 6.22. The highest BCUT2D eigenvalue weighted by molar-refractivity contribution is 5.56. The molecule has 4 heterocycles. The zero-order valence-electron chi connectivity index (χ0n) is 17.8. The van der Waals surface area contributed by atoms with E-state index in [9.17, 15) is 0 Å². The fourth-order valence-corrected chi connectivity index (χ4v) is 4.49. The van der Waals surface area contributed by atoms with Crippen LogP contribution in [0, 0.1) is 0 Å². The molecular formula is C24H29N5O2. The van der Waals surface area contributed by atoms with Crippen LogP contribution in [0.2, 0.25) is 0 Å². The van der Waals surface area contributed by atoms with Crippen LogP contribution in [0.5, 0.6) is 0 Å². The van der Waals surface area contributed by atoms with Crippen LogP contribution in [0.25, 0.3) is 11.4 Å². The Morgan fingerprint density at radius 1 is 1.00 bits per heavy atom. The molecule has 0 unspecified atom stereocenters. The molecule has 2 aromatic heterocycles. The minimum absolute atomic E-state index is 0.220. The molecule has 0 spiro atoms. The quantitative estimate of drug-likeness (QED) is 0.578. The summed E-state index contributed by atoms with van der Waals surface area (Å²) in [6.45, 7) is 5.39. The van der Waals surface area contributed by atoms with Gasteiger partial charge in [-0.15, -0.1) is 0 Å². The molecule has 0 radical (unpaired) electrons. The van der Waals surface area contributed by atoms with Gasteiger partial charge >= 0.3 is 0 Å². The van der Waals surface area contributed by atoms with Gasteiger partial charge in [-0.3, -0.25) is 4.90 Å². The van der Waals surface area contributed by atoms with Crippen LogP contribution in [0.1, 0.15) is 36.8 Å². The number of likely N-dealkylation sites (tertiary alicyclic amines) is 1. The minimum Gasteiger partial charge on any atom is -0.378 e. The summed E-state index contributed by atoms with van der Waals surface area (Å²) < 4.78 is 11.1. The molecule has 2 aliphatic rings. The lowest BCUT2D eigenvalue weighted by atomic mass is 10.1. The van der Waals surface area contributed by atoms with Gasteiger partial charge in [0.25, 0.3) is 0 Å². The van der Waals surface area contributed by atoms with Crippen molar-refractivity contribution in [3.05, 3.63) is 60.1 Å². The van der Waals surface area contributed by atoms with E-state index in [0.29, 0.717) is 5.82 Å². The molecule has 0 saturated carbocycles. The van der Waals surface area contributed by atoms with E-state index in [1.54, 1.807) is 0 Å². The topological polar surface area (TPSA) is 67.5 Å². The average Bonchev–Trinajstić information content (AvgIpc) is 3.50. The molecule has 0 bridgehead atoms. The van der Waals surface area contributed by atoms with Crippen molar-refractivity contribution >= 4 is 5.82 Å². The van der Waals surface area contributed by atoms with Gasteiger partial charge in [0.15, 0.2) is 0 Å². The predicted molar refractivity (Wildman–Crippen MR) is 119 cm³/mol. The molecule has 3 aromatic rings. The minimum atomic E-state index is 0.220. The molecule has 162 valence electrons. The Hall–Kier alpha value is -2.77. The summed E-state index contributed by atoms with van der Waals surface area (Å²) in [5.41, 5.74) is 2.28. The van der Waals surface area contributed by atoms with Crippen molar-refractivity contribution in [3.63, 3.8) is 0 Å². The van der Waals surface area contributed by atoms with Gasteiger partial charge < -0.3 is 14.2 Å². The Labute approximate surface area is 183 Å². The number of benzene rings is 1. The zero-order valence-corrected chi connectivity index (χ0v) is 17.8. The number of pyridine rings is 1. The molecule has 2 saturated heterocycles. The monoisotopic (exact) mass is 419 g/mol. The Morgan fingerprint density at radius 3 is 2.68 bits per heavy atom. The SMILES string of the molecule is c1ccc(CCCN2CCC[C@H]2c2nc(-c3ccc(N4CCOCC4)nc3)no2)cc1. The van der Waals surface area contributed by atoms with Gasteiger partial charge in [0.2, 0.25) is 11.7 Å². The van der Waals surface area contributed by atoms with Crippen LogP contribution in [-0.4, -0.2) is 59.4 Å². The Morgan fingerprint density at radius 2 is 1.87 bits per heavy atom. The van der Waals surface area contributed by atoms with Crippen molar-refractivity contribution in [1.82, 2.24) is 20.0 Å². The summed E-state index contributed by atoms with van der Waals surface area (Å²) in [7, 11) is 0. The van der Waals surface area contributed by atoms with E-state index < -0.39 is 0 Å². The van der Waals surface area contributed by atoms with Crippen LogP contribution >= 0.6 is 0 Å². The fourth-order valence-electron chi connectivity index (χ4n) is 4.49. The molecule has 1 atom stereocenters. The van der Waals surface area contributed by atoms with E-state index in [1.807, 2.05) is 18.3 Å². The number of hydrogen-bond acceptors (Lipinski definition) is 7. The van der Waals surface area contributed by atoms with Crippen molar-refractivity contribution in [2.75, 3.05) is 44.3 Å². The van der Waals surface area contributed by atoms with E-state index in [2.05, 4.69) is 50.3 Å². The number of ether oxygens (including phenoxy) is 1. The maximum absolute atomic E-state index is 5.69. The second-order valence-corrected chi connectivity index (χ2v) is 8.24. The lowest BCUT2D eigenvalue weighted by Gasteiger charge is -2.27. The van der Waals surface area contributed by atoms with Crippen LogP contribution in [0.15, 0.2) is 53.2 Å². The molecular weight excluding hydrogens is 390 g/mol. The zero-order chi connectivity index (χ0) is 20.9. The van der Waals surface area contributed by atoms with Crippen molar-refractivity contribution in [2.45, 2.75) is 31.7 Å². The highest BCUT2D eigenvalue weighted by Gasteiger charge is 2.30. The van der Waals surface area contributed by atoms with Crippen molar-refractivity contribution in [3.8, 4) is 11.4 Å². The third-order valence-corrected chi connectivity index (χ3v) is 6.19. The largest absolute Gasteiger partial charge is 0.378 e. The standard InChI is InChI=1S/C24H29N5O2/c1-2-6-19(7-3-1)8-4-12-28-13-5-9-21(28)24-26-23(27-31-24)20-10-11-22(25-18-20)29-14-16-30-17-15-29/h1-3,6-7,10-11,18,21H,4-5,8-9,12-17H2/t21-/m0/s1. The van der Waals surface area contributed by atoms with E-state index in [0.717, 1.165) is 75.9 Å². The maximum Gasteiger partial charge on any atom is 0.244 e. The van der Waals surface area contributed by atoms with Gasteiger partial charge in [0.05, 0.1) is 19.3 Å². The van der Waals surface area contributed by atoms with E-state index in [4.69, 9.17) is 14.2 Å². The van der Waals surface area contributed by atoms with Crippen molar-refractivity contribution in [2.24, 2.45) is 0 Å². The Balaban J connectivity index is 1.21. The lowest BCUT2D eigenvalue weighted by Crippen LogP contribution is -2.36. The molecule has 0 aliphatic carbocycles. The molecule has 2 fully saturated rings. The summed E-state index contributed by atoms with van der Waals surface area (Å²) >= 11 is 0. The molecule has 0 N–H and O–H groups in total. The predicted octanol–water partition coefficient (Wildman–Crippen LogP) is 3.74. The van der Waals surface area contributed by atoms with Gasteiger partial charge in [-0.2, -0.15) is 4.98 Å². The van der Waals surface area contributed by atoms with Gasteiger partial charge in [-0.25, -0.2) is 4.98 Å². The number of nitrogens with zero attached hydrogens (tertiary/aromatic N) is 5. The second kappa shape index (κ2) is 9.58.